The largest absolute Gasteiger partial charge is 0.454 e. The molecule has 0 aromatic heterocycles. The van der Waals surface area contributed by atoms with Crippen LogP contribution in [0.4, 0.5) is 5.69 Å². The van der Waals surface area contributed by atoms with Crippen LogP contribution in [0.25, 0.3) is 0 Å². The Kier molecular flexibility index (Phi) is 3.70. The van der Waals surface area contributed by atoms with E-state index < -0.39 is 0 Å². The van der Waals surface area contributed by atoms with Crippen LogP contribution < -0.4 is 20.1 Å². The second-order valence-electron chi connectivity index (χ2n) is 4.54. The summed E-state index contributed by atoms with van der Waals surface area (Å²) >= 11 is 5.25. The third-order valence-corrected chi connectivity index (χ3v) is 3.39. The molecule has 5 nitrogen and oxygen atoms in total. The number of fused-ring (bicyclic) bond motifs is 1. The lowest BCUT2D eigenvalue weighted by Gasteiger charge is -2.14. The van der Waals surface area contributed by atoms with Crippen molar-refractivity contribution >= 4 is 23.0 Å². The summed E-state index contributed by atoms with van der Waals surface area (Å²) in [5.41, 5.74) is 0.883. The minimum atomic E-state index is 0.275. The van der Waals surface area contributed by atoms with Crippen molar-refractivity contribution in [3.8, 4) is 11.5 Å². The Morgan fingerprint density at radius 3 is 3.05 bits per heavy atom. The van der Waals surface area contributed by atoms with Crippen molar-refractivity contribution in [2.24, 2.45) is 0 Å². The second-order valence-corrected chi connectivity index (χ2v) is 4.95. The molecule has 2 aliphatic rings. The molecule has 1 aromatic rings. The summed E-state index contributed by atoms with van der Waals surface area (Å²) in [7, 11) is 0. The number of thiocarbonyl (C=S) groups is 1. The Balaban J connectivity index is 1.51. The number of ether oxygens (including phenoxy) is 3. The molecule has 2 heterocycles. The van der Waals surface area contributed by atoms with Gasteiger partial charge >= 0.3 is 0 Å². The van der Waals surface area contributed by atoms with E-state index in [-0.39, 0.29) is 12.9 Å². The molecule has 0 aliphatic carbocycles. The van der Waals surface area contributed by atoms with E-state index in [1.807, 2.05) is 18.2 Å². The maximum Gasteiger partial charge on any atom is 0.231 e. The third-order valence-electron chi connectivity index (χ3n) is 3.14. The number of benzene rings is 1. The van der Waals surface area contributed by atoms with Gasteiger partial charge < -0.3 is 24.8 Å². The first-order valence-electron chi connectivity index (χ1n) is 6.37. The smallest absolute Gasteiger partial charge is 0.231 e. The van der Waals surface area contributed by atoms with E-state index in [1.165, 1.54) is 0 Å². The van der Waals surface area contributed by atoms with Gasteiger partial charge in [0.05, 0.1) is 6.10 Å². The zero-order valence-corrected chi connectivity index (χ0v) is 11.3. The molecule has 2 aliphatic heterocycles. The lowest BCUT2D eigenvalue weighted by molar-refractivity contribution is 0.114. The summed E-state index contributed by atoms with van der Waals surface area (Å²) in [6.07, 6.45) is 2.51. The van der Waals surface area contributed by atoms with E-state index in [9.17, 15) is 0 Å². The fourth-order valence-corrected chi connectivity index (χ4v) is 2.36. The van der Waals surface area contributed by atoms with Crippen LogP contribution in [0.2, 0.25) is 0 Å². The molecule has 19 heavy (non-hydrogen) atoms. The monoisotopic (exact) mass is 280 g/mol. The van der Waals surface area contributed by atoms with Gasteiger partial charge in [0.2, 0.25) is 6.79 Å². The minimum absolute atomic E-state index is 0.275. The van der Waals surface area contributed by atoms with Crippen molar-refractivity contribution < 1.29 is 14.2 Å². The normalized spacial score (nSPS) is 20.3. The molecular formula is C13H16N2O3S. The van der Waals surface area contributed by atoms with Gasteiger partial charge in [-0.05, 0) is 37.2 Å². The molecule has 0 bridgehead atoms. The highest BCUT2D eigenvalue weighted by molar-refractivity contribution is 7.80. The van der Waals surface area contributed by atoms with Crippen molar-refractivity contribution in [3.05, 3.63) is 18.2 Å². The van der Waals surface area contributed by atoms with Crippen LogP contribution in [0.15, 0.2) is 18.2 Å². The highest BCUT2D eigenvalue weighted by atomic mass is 32.1. The molecule has 0 unspecified atom stereocenters. The van der Waals surface area contributed by atoms with Gasteiger partial charge in [-0.25, -0.2) is 0 Å². The van der Waals surface area contributed by atoms with Gasteiger partial charge in [0.15, 0.2) is 16.6 Å². The van der Waals surface area contributed by atoms with Gasteiger partial charge in [-0.1, -0.05) is 0 Å². The Bertz CT molecular complexity index is 475. The molecule has 0 saturated carbocycles. The number of rotatable bonds is 3. The quantitative estimate of drug-likeness (QED) is 0.825. The Labute approximate surface area is 117 Å². The SMILES string of the molecule is S=C(NC[C@@H]1CCCO1)Nc1ccc2c(c1)OCO2. The van der Waals surface area contributed by atoms with Crippen LogP contribution in [0.1, 0.15) is 12.8 Å². The van der Waals surface area contributed by atoms with Crippen LogP contribution in [0.3, 0.4) is 0 Å². The van der Waals surface area contributed by atoms with Gasteiger partial charge in [0.25, 0.3) is 0 Å². The first-order valence-corrected chi connectivity index (χ1v) is 6.78. The molecule has 1 saturated heterocycles. The van der Waals surface area contributed by atoms with E-state index in [2.05, 4.69) is 10.6 Å². The highest BCUT2D eigenvalue weighted by Gasteiger charge is 2.16. The van der Waals surface area contributed by atoms with Gasteiger partial charge in [-0.15, -0.1) is 0 Å². The van der Waals surface area contributed by atoms with E-state index >= 15 is 0 Å². The van der Waals surface area contributed by atoms with E-state index in [0.29, 0.717) is 5.11 Å². The molecule has 6 heteroatoms. The zero-order chi connectivity index (χ0) is 13.1. The number of hydrogen-bond donors (Lipinski definition) is 2. The van der Waals surface area contributed by atoms with Crippen molar-refractivity contribution in [2.75, 3.05) is 25.3 Å². The Morgan fingerprint density at radius 1 is 1.32 bits per heavy atom. The van der Waals surface area contributed by atoms with Gasteiger partial charge in [0.1, 0.15) is 0 Å². The van der Waals surface area contributed by atoms with E-state index in [1.54, 1.807) is 0 Å². The lowest BCUT2D eigenvalue weighted by atomic mass is 10.2. The molecule has 1 aromatic carbocycles. The van der Waals surface area contributed by atoms with Crippen LogP contribution >= 0.6 is 12.2 Å². The summed E-state index contributed by atoms with van der Waals surface area (Å²) in [5, 5.41) is 6.88. The maximum atomic E-state index is 5.53. The maximum absolute atomic E-state index is 5.53. The van der Waals surface area contributed by atoms with Crippen molar-refractivity contribution in [1.82, 2.24) is 5.32 Å². The molecule has 0 amide bonds. The molecule has 102 valence electrons. The number of anilines is 1. The number of hydrogen-bond acceptors (Lipinski definition) is 4. The van der Waals surface area contributed by atoms with E-state index in [4.69, 9.17) is 26.4 Å². The second kappa shape index (κ2) is 5.63. The standard InChI is InChI=1S/C13H16N2O3S/c19-13(14-7-10-2-1-5-16-10)15-9-3-4-11-12(6-9)18-8-17-11/h3-4,6,10H,1-2,5,7-8H2,(H2,14,15,19)/t10-/m0/s1. The van der Waals surface area contributed by atoms with Crippen molar-refractivity contribution in [1.29, 1.82) is 0 Å². The average Bonchev–Trinajstić information content (AvgIpc) is 3.07. The van der Waals surface area contributed by atoms with E-state index in [0.717, 1.165) is 43.2 Å². The zero-order valence-electron chi connectivity index (χ0n) is 10.5. The topological polar surface area (TPSA) is 51.8 Å². The fourth-order valence-electron chi connectivity index (χ4n) is 2.16. The minimum Gasteiger partial charge on any atom is -0.454 e. The van der Waals surface area contributed by atoms with Crippen molar-refractivity contribution in [2.45, 2.75) is 18.9 Å². The van der Waals surface area contributed by atoms with Gasteiger partial charge in [-0.3, -0.25) is 0 Å². The number of nitrogens with one attached hydrogen (secondary N) is 2. The molecule has 0 spiro atoms. The van der Waals surface area contributed by atoms with Crippen LogP contribution in [-0.2, 0) is 4.74 Å². The van der Waals surface area contributed by atoms with Crippen LogP contribution in [0.5, 0.6) is 11.5 Å². The van der Waals surface area contributed by atoms with Gasteiger partial charge in [0, 0.05) is 24.9 Å². The summed E-state index contributed by atoms with van der Waals surface area (Å²) < 4.78 is 16.1. The predicted molar refractivity (Wildman–Crippen MR) is 75.8 cm³/mol. The molecule has 3 rings (SSSR count). The summed E-state index contributed by atoms with van der Waals surface area (Å²) in [6.45, 7) is 1.88. The third kappa shape index (κ3) is 3.08. The molecule has 1 fully saturated rings. The van der Waals surface area contributed by atoms with Crippen LogP contribution in [-0.4, -0.2) is 31.2 Å². The molecule has 1 atom stereocenters. The van der Waals surface area contributed by atoms with Crippen molar-refractivity contribution in [3.63, 3.8) is 0 Å². The molecule has 0 radical (unpaired) electrons. The molecule has 2 N–H and O–H groups in total. The highest BCUT2D eigenvalue weighted by Crippen LogP contribution is 2.34. The predicted octanol–water partition coefficient (Wildman–Crippen LogP) is 1.88. The molecular weight excluding hydrogens is 264 g/mol. The van der Waals surface area contributed by atoms with Gasteiger partial charge in [-0.2, -0.15) is 0 Å². The summed E-state index contributed by atoms with van der Waals surface area (Å²) in [6, 6.07) is 5.66. The first-order chi connectivity index (χ1) is 9.31. The Hall–Kier alpha value is -1.53. The summed E-state index contributed by atoms with van der Waals surface area (Å²) in [4.78, 5) is 0. The first kappa shape index (κ1) is 12.5. The van der Waals surface area contributed by atoms with Crippen LogP contribution in [0, 0.1) is 0 Å². The fraction of sp³-hybridized carbons (Fsp3) is 0.462. The average molecular weight is 280 g/mol. The summed E-state index contributed by atoms with van der Waals surface area (Å²) in [5.74, 6) is 1.51. The Morgan fingerprint density at radius 2 is 2.21 bits per heavy atom. The lowest BCUT2D eigenvalue weighted by Crippen LogP contribution is -2.34.